The molecule has 4 nitrogen and oxygen atoms in total. The summed E-state index contributed by atoms with van der Waals surface area (Å²) in [6.45, 7) is 2.14. The minimum Gasteiger partial charge on any atom is -0.462 e. The highest BCUT2D eigenvalue weighted by Gasteiger charge is 2.07. The first-order valence-electron chi connectivity index (χ1n) is 5.35. The summed E-state index contributed by atoms with van der Waals surface area (Å²) in [7, 11) is 0. The molecule has 2 heterocycles. The molecule has 0 N–H and O–H groups in total. The van der Waals surface area contributed by atoms with Crippen molar-refractivity contribution in [2.24, 2.45) is 0 Å². The Morgan fingerprint density at radius 2 is 2.18 bits per heavy atom. The number of hydrogen-bond acceptors (Lipinski definition) is 4. The number of aromatic nitrogens is 2. The van der Waals surface area contributed by atoms with Gasteiger partial charge >= 0.3 is 5.97 Å². The molecular weight excluding hydrogens is 216 g/mol. The van der Waals surface area contributed by atoms with Gasteiger partial charge in [0.05, 0.1) is 17.9 Å². The molecule has 0 aliphatic carbocycles. The van der Waals surface area contributed by atoms with Crippen molar-refractivity contribution in [3.8, 4) is 11.3 Å². The van der Waals surface area contributed by atoms with E-state index in [-0.39, 0.29) is 5.97 Å². The van der Waals surface area contributed by atoms with E-state index in [0.717, 1.165) is 11.3 Å². The Bertz CT molecular complexity index is 495. The normalized spacial score (nSPS) is 9.94. The number of carbonyl (C=O) groups is 1. The van der Waals surface area contributed by atoms with Crippen LogP contribution in [-0.2, 0) is 4.74 Å². The number of rotatable bonds is 3. The van der Waals surface area contributed by atoms with Crippen molar-refractivity contribution >= 4 is 5.97 Å². The number of ether oxygens (including phenoxy) is 1. The second-order valence-corrected chi connectivity index (χ2v) is 3.39. The Labute approximate surface area is 99.3 Å². The van der Waals surface area contributed by atoms with Crippen LogP contribution in [0, 0.1) is 0 Å². The van der Waals surface area contributed by atoms with Gasteiger partial charge < -0.3 is 4.74 Å². The topological polar surface area (TPSA) is 52.1 Å². The molecule has 0 atom stereocenters. The number of carbonyl (C=O) groups excluding carboxylic acids is 1. The lowest BCUT2D eigenvalue weighted by molar-refractivity contribution is 0.0526. The lowest BCUT2D eigenvalue weighted by Crippen LogP contribution is -2.04. The summed E-state index contributed by atoms with van der Waals surface area (Å²) in [4.78, 5) is 19.6. The molecule has 0 saturated carbocycles. The number of esters is 1. The maximum atomic E-state index is 11.4. The Kier molecular flexibility index (Phi) is 3.45. The van der Waals surface area contributed by atoms with E-state index >= 15 is 0 Å². The molecule has 2 rings (SSSR count). The van der Waals surface area contributed by atoms with Crippen molar-refractivity contribution in [3.63, 3.8) is 0 Å². The van der Waals surface area contributed by atoms with Gasteiger partial charge in [-0.1, -0.05) is 0 Å². The molecule has 17 heavy (non-hydrogen) atoms. The molecule has 0 aliphatic rings. The van der Waals surface area contributed by atoms with Crippen LogP contribution >= 0.6 is 0 Å². The van der Waals surface area contributed by atoms with Crippen molar-refractivity contribution in [2.45, 2.75) is 6.92 Å². The van der Waals surface area contributed by atoms with E-state index in [1.54, 1.807) is 31.5 Å². The average Bonchev–Trinajstić information content (AvgIpc) is 2.40. The Morgan fingerprint density at radius 3 is 2.76 bits per heavy atom. The number of pyridine rings is 2. The van der Waals surface area contributed by atoms with Gasteiger partial charge in [0.1, 0.15) is 0 Å². The van der Waals surface area contributed by atoms with Crippen LogP contribution in [0.1, 0.15) is 17.3 Å². The fraction of sp³-hybridized carbons (Fsp3) is 0.154. The molecule has 4 heteroatoms. The van der Waals surface area contributed by atoms with E-state index in [9.17, 15) is 4.79 Å². The maximum absolute atomic E-state index is 11.4. The number of nitrogens with zero attached hydrogens (tertiary/aromatic N) is 2. The Hall–Kier alpha value is -2.23. The summed E-state index contributed by atoms with van der Waals surface area (Å²) in [6.07, 6.45) is 4.95. The predicted molar refractivity (Wildman–Crippen MR) is 63.4 cm³/mol. The molecule has 0 aliphatic heterocycles. The van der Waals surface area contributed by atoms with Gasteiger partial charge in [-0.2, -0.15) is 0 Å². The van der Waals surface area contributed by atoms with Crippen LogP contribution in [0.3, 0.4) is 0 Å². The van der Waals surface area contributed by atoms with Crippen molar-refractivity contribution < 1.29 is 9.53 Å². The van der Waals surface area contributed by atoms with Gasteiger partial charge in [-0.05, 0) is 31.2 Å². The molecular formula is C13H12N2O2. The summed E-state index contributed by atoms with van der Waals surface area (Å²) < 4.78 is 4.88. The first-order valence-corrected chi connectivity index (χ1v) is 5.35. The molecule has 0 amide bonds. The van der Waals surface area contributed by atoms with Crippen molar-refractivity contribution in [1.29, 1.82) is 0 Å². The fourth-order valence-electron chi connectivity index (χ4n) is 1.41. The highest BCUT2D eigenvalue weighted by atomic mass is 16.5. The molecule has 2 aromatic heterocycles. The third-order valence-corrected chi connectivity index (χ3v) is 2.23. The maximum Gasteiger partial charge on any atom is 0.339 e. The van der Waals surface area contributed by atoms with Crippen LogP contribution in [-0.4, -0.2) is 22.5 Å². The van der Waals surface area contributed by atoms with Gasteiger partial charge in [-0.25, -0.2) is 4.79 Å². The molecule has 0 spiro atoms. The van der Waals surface area contributed by atoms with Crippen LogP contribution in [0.2, 0.25) is 0 Å². The zero-order valence-corrected chi connectivity index (χ0v) is 9.46. The van der Waals surface area contributed by atoms with Crippen molar-refractivity contribution in [1.82, 2.24) is 9.97 Å². The largest absolute Gasteiger partial charge is 0.462 e. The zero-order chi connectivity index (χ0) is 12.1. The molecule has 0 fully saturated rings. The van der Waals surface area contributed by atoms with Crippen LogP contribution < -0.4 is 0 Å². The van der Waals surface area contributed by atoms with Crippen LogP contribution in [0.4, 0.5) is 0 Å². The monoisotopic (exact) mass is 228 g/mol. The molecule has 0 saturated heterocycles. The third kappa shape index (κ3) is 2.66. The van der Waals surface area contributed by atoms with Gasteiger partial charge in [0.25, 0.3) is 0 Å². The lowest BCUT2D eigenvalue weighted by Gasteiger charge is -2.03. The van der Waals surface area contributed by atoms with E-state index in [1.807, 2.05) is 12.1 Å². The van der Waals surface area contributed by atoms with Gasteiger partial charge in [0.2, 0.25) is 0 Å². The molecule has 0 bridgehead atoms. The van der Waals surface area contributed by atoms with Crippen molar-refractivity contribution in [3.05, 3.63) is 48.4 Å². The van der Waals surface area contributed by atoms with Crippen molar-refractivity contribution in [2.75, 3.05) is 6.61 Å². The molecule has 86 valence electrons. The quantitative estimate of drug-likeness (QED) is 0.756. The average molecular weight is 228 g/mol. The van der Waals surface area contributed by atoms with Crippen LogP contribution in [0.15, 0.2) is 42.9 Å². The van der Waals surface area contributed by atoms with Crippen LogP contribution in [0.5, 0.6) is 0 Å². The van der Waals surface area contributed by atoms with E-state index < -0.39 is 0 Å². The highest BCUT2D eigenvalue weighted by molar-refractivity contribution is 5.89. The van der Waals surface area contributed by atoms with Gasteiger partial charge in [0.15, 0.2) is 0 Å². The van der Waals surface area contributed by atoms with Gasteiger partial charge in [-0.3, -0.25) is 9.97 Å². The first kappa shape index (κ1) is 11.3. The fourth-order valence-corrected chi connectivity index (χ4v) is 1.41. The smallest absolute Gasteiger partial charge is 0.339 e. The summed E-state index contributed by atoms with van der Waals surface area (Å²) in [5, 5.41) is 0. The molecule has 0 unspecified atom stereocenters. The Morgan fingerprint density at radius 1 is 1.29 bits per heavy atom. The lowest BCUT2D eigenvalue weighted by atomic mass is 10.1. The standard InChI is InChI=1S/C13H12N2O2/c1-2-17-13(16)11-5-6-12(15-9-11)10-4-3-7-14-8-10/h3-9H,2H2,1H3. The number of hydrogen-bond donors (Lipinski definition) is 0. The second-order valence-electron chi connectivity index (χ2n) is 3.39. The zero-order valence-electron chi connectivity index (χ0n) is 9.46. The first-order chi connectivity index (χ1) is 8.31. The summed E-state index contributed by atoms with van der Waals surface area (Å²) >= 11 is 0. The van der Waals surface area contributed by atoms with E-state index in [0.29, 0.717) is 12.2 Å². The van der Waals surface area contributed by atoms with E-state index in [4.69, 9.17) is 4.74 Å². The van der Waals surface area contributed by atoms with Gasteiger partial charge in [-0.15, -0.1) is 0 Å². The highest BCUT2D eigenvalue weighted by Crippen LogP contribution is 2.15. The SMILES string of the molecule is CCOC(=O)c1ccc(-c2cccnc2)nc1. The summed E-state index contributed by atoms with van der Waals surface area (Å²) in [5.41, 5.74) is 2.16. The van der Waals surface area contributed by atoms with Gasteiger partial charge in [0, 0.05) is 24.2 Å². The minimum absolute atomic E-state index is 0.349. The third-order valence-electron chi connectivity index (χ3n) is 2.23. The summed E-state index contributed by atoms with van der Waals surface area (Å²) in [5.74, 6) is -0.349. The van der Waals surface area contributed by atoms with Crippen LogP contribution in [0.25, 0.3) is 11.3 Å². The Balaban J connectivity index is 2.22. The molecule has 0 aromatic carbocycles. The minimum atomic E-state index is -0.349. The second kappa shape index (κ2) is 5.21. The molecule has 0 radical (unpaired) electrons. The van der Waals surface area contributed by atoms with E-state index in [2.05, 4.69) is 9.97 Å². The predicted octanol–water partition coefficient (Wildman–Crippen LogP) is 2.32. The van der Waals surface area contributed by atoms with E-state index in [1.165, 1.54) is 6.20 Å². The molecule has 2 aromatic rings. The summed E-state index contributed by atoms with van der Waals surface area (Å²) in [6, 6.07) is 7.24.